The Labute approximate surface area is 93.6 Å². The molecule has 84 valence electrons. The predicted octanol–water partition coefficient (Wildman–Crippen LogP) is 2.18. The molecule has 2 rings (SSSR count). The maximum atomic E-state index is 11.0. The highest BCUT2D eigenvalue weighted by molar-refractivity contribution is 5.68. The lowest BCUT2D eigenvalue weighted by Crippen LogP contribution is -2.20. The van der Waals surface area contributed by atoms with E-state index in [0.29, 0.717) is 17.9 Å². The summed E-state index contributed by atoms with van der Waals surface area (Å²) in [7, 11) is 1.51. The Morgan fingerprint density at radius 1 is 1.50 bits per heavy atom. The number of alkyl carbamates (subject to hydrolysis) is 1. The number of aliphatic hydroxyl groups is 1. The fraction of sp³-hybridized carbons (Fsp3) is 0.250. The largest absolute Gasteiger partial charge is 0.512 e. The van der Waals surface area contributed by atoms with Crippen molar-refractivity contribution in [3.8, 4) is 0 Å². The van der Waals surface area contributed by atoms with Gasteiger partial charge in [0.15, 0.2) is 0 Å². The molecule has 16 heavy (non-hydrogen) atoms. The van der Waals surface area contributed by atoms with Gasteiger partial charge in [-0.3, -0.25) is 0 Å². The van der Waals surface area contributed by atoms with E-state index in [0.717, 1.165) is 5.57 Å². The van der Waals surface area contributed by atoms with Crippen LogP contribution in [0, 0.1) is 5.92 Å². The van der Waals surface area contributed by atoms with Crippen LogP contribution in [-0.4, -0.2) is 18.2 Å². The lowest BCUT2D eigenvalue weighted by molar-refractivity contribution is 0.180. The van der Waals surface area contributed by atoms with E-state index in [1.54, 1.807) is 12.2 Å². The van der Waals surface area contributed by atoms with Gasteiger partial charge in [-0.15, -0.1) is 0 Å². The van der Waals surface area contributed by atoms with Gasteiger partial charge >= 0.3 is 6.09 Å². The van der Waals surface area contributed by atoms with Gasteiger partial charge in [-0.1, -0.05) is 12.2 Å². The van der Waals surface area contributed by atoms with E-state index in [1.807, 2.05) is 18.2 Å². The van der Waals surface area contributed by atoms with Crippen LogP contribution in [-0.2, 0) is 4.74 Å². The molecule has 0 heterocycles. The van der Waals surface area contributed by atoms with Crippen molar-refractivity contribution < 1.29 is 14.6 Å². The summed E-state index contributed by atoms with van der Waals surface area (Å²) >= 11 is 0. The zero-order chi connectivity index (χ0) is 11.5. The molecule has 2 aliphatic carbocycles. The number of allylic oxidation sites excluding steroid dienone is 7. The Bertz CT molecular complexity index is 430. The first-order chi connectivity index (χ1) is 7.69. The second-order valence-corrected chi connectivity index (χ2v) is 3.68. The Morgan fingerprint density at radius 3 is 3.06 bits per heavy atom. The van der Waals surface area contributed by atoms with Gasteiger partial charge in [-0.05, 0) is 23.8 Å². The van der Waals surface area contributed by atoms with Crippen LogP contribution in [0.1, 0.15) is 6.42 Å². The molecule has 0 saturated heterocycles. The summed E-state index contributed by atoms with van der Waals surface area (Å²) in [5.41, 5.74) is 1.11. The lowest BCUT2D eigenvalue weighted by atomic mass is 9.87. The Hall–Kier alpha value is -1.97. The standard InChI is InChI=1S/C12H13NO3/c1-13-12(15)16-11-5-3-8-2-4-10(14)6-9(8)7-11/h2-5,7,9,14H,6H2,1H3,(H,13,15). The molecule has 0 saturated carbocycles. The summed E-state index contributed by atoms with van der Waals surface area (Å²) in [6.07, 6.45) is 9.10. The molecule has 4 nitrogen and oxygen atoms in total. The first kappa shape index (κ1) is 10.5. The normalized spacial score (nSPS) is 22.6. The second kappa shape index (κ2) is 4.26. The van der Waals surface area contributed by atoms with Gasteiger partial charge in [0.1, 0.15) is 5.76 Å². The highest BCUT2D eigenvalue weighted by Gasteiger charge is 2.20. The smallest absolute Gasteiger partial charge is 0.412 e. The zero-order valence-corrected chi connectivity index (χ0v) is 8.93. The van der Waals surface area contributed by atoms with Crippen LogP contribution in [0.3, 0.4) is 0 Å². The van der Waals surface area contributed by atoms with Gasteiger partial charge in [0.2, 0.25) is 0 Å². The third kappa shape index (κ3) is 2.16. The van der Waals surface area contributed by atoms with E-state index >= 15 is 0 Å². The van der Waals surface area contributed by atoms with Crippen LogP contribution in [0.2, 0.25) is 0 Å². The minimum Gasteiger partial charge on any atom is -0.512 e. The predicted molar refractivity (Wildman–Crippen MR) is 59.7 cm³/mol. The minimum atomic E-state index is -0.487. The van der Waals surface area contributed by atoms with Crippen LogP contribution >= 0.6 is 0 Å². The van der Waals surface area contributed by atoms with E-state index in [2.05, 4.69) is 5.32 Å². The van der Waals surface area contributed by atoms with Crippen molar-refractivity contribution in [2.24, 2.45) is 5.92 Å². The minimum absolute atomic E-state index is 0.0923. The monoisotopic (exact) mass is 219 g/mol. The number of nitrogens with one attached hydrogen (secondary N) is 1. The van der Waals surface area contributed by atoms with Gasteiger partial charge in [0, 0.05) is 19.4 Å². The van der Waals surface area contributed by atoms with Crippen molar-refractivity contribution in [2.75, 3.05) is 7.05 Å². The second-order valence-electron chi connectivity index (χ2n) is 3.68. The van der Waals surface area contributed by atoms with Crippen LogP contribution in [0.15, 0.2) is 47.5 Å². The van der Waals surface area contributed by atoms with Crippen molar-refractivity contribution in [1.82, 2.24) is 5.32 Å². The maximum absolute atomic E-state index is 11.0. The Morgan fingerprint density at radius 2 is 2.31 bits per heavy atom. The van der Waals surface area contributed by atoms with Crippen LogP contribution in [0.25, 0.3) is 0 Å². The zero-order valence-electron chi connectivity index (χ0n) is 8.93. The van der Waals surface area contributed by atoms with E-state index in [1.165, 1.54) is 7.05 Å². The summed E-state index contributed by atoms with van der Waals surface area (Å²) in [4.78, 5) is 11.0. The molecule has 0 fully saturated rings. The number of rotatable bonds is 1. The highest BCUT2D eigenvalue weighted by atomic mass is 16.6. The number of hydrogen-bond donors (Lipinski definition) is 2. The number of fused-ring (bicyclic) bond motifs is 1. The number of aliphatic hydroxyl groups excluding tert-OH is 1. The van der Waals surface area contributed by atoms with Crippen LogP contribution in [0.5, 0.6) is 0 Å². The molecule has 0 bridgehead atoms. The topological polar surface area (TPSA) is 58.6 Å². The molecule has 1 atom stereocenters. The molecule has 4 heteroatoms. The molecule has 0 aromatic rings. The molecule has 1 amide bonds. The molecule has 0 aliphatic heterocycles. The van der Waals surface area contributed by atoms with Crippen molar-refractivity contribution >= 4 is 6.09 Å². The number of carbonyl (C=O) groups is 1. The van der Waals surface area contributed by atoms with E-state index < -0.39 is 6.09 Å². The third-order valence-corrected chi connectivity index (χ3v) is 2.55. The number of amides is 1. The SMILES string of the molecule is CNC(=O)OC1=CC2CC(O)=CC=C2C=C1. The number of carbonyl (C=O) groups excluding carboxylic acids is 1. The molecule has 1 unspecified atom stereocenters. The number of hydrogen-bond acceptors (Lipinski definition) is 3. The average Bonchev–Trinajstić information content (AvgIpc) is 2.28. The third-order valence-electron chi connectivity index (χ3n) is 2.55. The van der Waals surface area contributed by atoms with Gasteiger partial charge in [-0.2, -0.15) is 0 Å². The Balaban J connectivity index is 2.12. The fourth-order valence-electron chi connectivity index (χ4n) is 1.72. The van der Waals surface area contributed by atoms with Crippen molar-refractivity contribution in [3.05, 3.63) is 47.5 Å². The van der Waals surface area contributed by atoms with Crippen LogP contribution < -0.4 is 5.32 Å². The summed E-state index contributed by atoms with van der Waals surface area (Å²) in [6.45, 7) is 0. The van der Waals surface area contributed by atoms with Crippen molar-refractivity contribution in [2.45, 2.75) is 6.42 Å². The van der Waals surface area contributed by atoms with Crippen LogP contribution in [0.4, 0.5) is 4.79 Å². The molecular weight excluding hydrogens is 206 g/mol. The molecule has 0 aromatic carbocycles. The average molecular weight is 219 g/mol. The van der Waals surface area contributed by atoms with Crippen molar-refractivity contribution in [3.63, 3.8) is 0 Å². The summed E-state index contributed by atoms with van der Waals surface area (Å²) < 4.78 is 5.02. The molecule has 0 aromatic heterocycles. The number of ether oxygens (including phenoxy) is 1. The molecule has 0 radical (unpaired) electrons. The highest BCUT2D eigenvalue weighted by Crippen LogP contribution is 2.30. The quantitative estimate of drug-likeness (QED) is 0.710. The van der Waals surface area contributed by atoms with Gasteiger partial charge in [0.05, 0.1) is 5.76 Å². The first-order valence-corrected chi connectivity index (χ1v) is 5.08. The lowest BCUT2D eigenvalue weighted by Gasteiger charge is -2.21. The van der Waals surface area contributed by atoms with Gasteiger partial charge < -0.3 is 15.2 Å². The van der Waals surface area contributed by atoms with E-state index in [-0.39, 0.29) is 5.92 Å². The fourth-order valence-corrected chi connectivity index (χ4v) is 1.72. The maximum Gasteiger partial charge on any atom is 0.412 e. The summed E-state index contributed by atoms with van der Waals surface area (Å²) in [5, 5.41) is 11.8. The Kier molecular flexibility index (Phi) is 2.81. The molecule has 2 N–H and O–H groups in total. The molecule has 2 aliphatic rings. The summed E-state index contributed by atoms with van der Waals surface area (Å²) in [6, 6.07) is 0. The molecule has 0 spiro atoms. The van der Waals surface area contributed by atoms with E-state index in [4.69, 9.17) is 4.74 Å². The van der Waals surface area contributed by atoms with Gasteiger partial charge in [0.25, 0.3) is 0 Å². The molecular formula is C12H13NO3. The summed E-state index contributed by atoms with van der Waals surface area (Å²) in [5.74, 6) is 0.949. The first-order valence-electron chi connectivity index (χ1n) is 5.08. The van der Waals surface area contributed by atoms with E-state index in [9.17, 15) is 9.90 Å². The van der Waals surface area contributed by atoms with Crippen molar-refractivity contribution in [1.29, 1.82) is 0 Å². The van der Waals surface area contributed by atoms with Gasteiger partial charge in [-0.25, -0.2) is 4.79 Å².